The van der Waals surface area contributed by atoms with E-state index in [1.807, 2.05) is 0 Å². The Morgan fingerprint density at radius 2 is 1.85 bits per heavy atom. The average molecular weight is 347 g/mol. The van der Waals surface area contributed by atoms with Crippen LogP contribution in [0.25, 0.3) is 10.9 Å². The fraction of sp³-hybridized carbons (Fsp3) is 0.429. The van der Waals surface area contributed by atoms with Crippen LogP contribution in [0.15, 0.2) is 22.7 Å². The maximum Gasteiger partial charge on any atom is 0.431 e. The Hall–Kier alpha value is -1.01. The molecule has 2 N–H and O–H groups in total. The molecular weight excluding hydrogens is 333 g/mol. The van der Waals surface area contributed by atoms with E-state index in [2.05, 4.69) is 26.2 Å². The van der Waals surface area contributed by atoms with Gasteiger partial charge in [-0.25, -0.2) is 0 Å². The van der Waals surface area contributed by atoms with Crippen LogP contribution in [0, 0.1) is 0 Å². The van der Waals surface area contributed by atoms with Crippen LogP contribution < -0.4 is 5.32 Å². The number of hydrogen-bond donors (Lipinski definition) is 2. The van der Waals surface area contributed by atoms with E-state index in [1.54, 1.807) is 18.2 Å². The van der Waals surface area contributed by atoms with Gasteiger partial charge in [-0.05, 0) is 49.5 Å². The predicted octanol–water partition coefficient (Wildman–Crippen LogP) is 4.42. The minimum atomic E-state index is -4.34. The lowest BCUT2D eigenvalue weighted by Crippen LogP contribution is -2.27. The Bertz CT molecular complexity index is 627. The Kier molecular flexibility index (Phi) is 3.54. The SMILES string of the molecule is FC(F)(F)c1[nH]c2cc(Br)ccc2c1C1CCNCC1. The second kappa shape index (κ2) is 5.07. The van der Waals surface area contributed by atoms with Gasteiger partial charge in [0, 0.05) is 15.4 Å². The van der Waals surface area contributed by atoms with Gasteiger partial charge in [0.1, 0.15) is 5.69 Å². The Balaban J connectivity index is 2.20. The number of H-pyrrole nitrogens is 1. The number of hydrogen-bond acceptors (Lipinski definition) is 1. The van der Waals surface area contributed by atoms with Gasteiger partial charge in [0.25, 0.3) is 0 Å². The quantitative estimate of drug-likeness (QED) is 0.786. The van der Waals surface area contributed by atoms with Crippen molar-refractivity contribution in [2.75, 3.05) is 13.1 Å². The fourth-order valence-corrected chi connectivity index (χ4v) is 3.31. The molecule has 2 aromatic rings. The molecule has 1 aliphatic heterocycles. The smallest absolute Gasteiger partial charge is 0.351 e. The van der Waals surface area contributed by atoms with Gasteiger partial charge in [0.05, 0.1) is 0 Å². The summed E-state index contributed by atoms with van der Waals surface area (Å²) in [6, 6.07) is 5.26. The predicted molar refractivity (Wildman–Crippen MR) is 75.8 cm³/mol. The third-order valence-corrected chi connectivity index (χ3v) is 4.32. The zero-order valence-corrected chi connectivity index (χ0v) is 12.2. The highest BCUT2D eigenvalue weighted by atomic mass is 79.9. The van der Waals surface area contributed by atoms with E-state index in [4.69, 9.17) is 0 Å². The second-order valence-corrected chi connectivity index (χ2v) is 6.04. The fourth-order valence-electron chi connectivity index (χ4n) is 2.95. The first-order chi connectivity index (χ1) is 9.47. The monoisotopic (exact) mass is 346 g/mol. The van der Waals surface area contributed by atoms with E-state index in [0.717, 1.165) is 30.4 Å². The molecule has 2 nitrogen and oxygen atoms in total. The van der Waals surface area contributed by atoms with Crippen molar-refractivity contribution in [3.05, 3.63) is 33.9 Å². The van der Waals surface area contributed by atoms with Gasteiger partial charge in [-0.2, -0.15) is 13.2 Å². The van der Waals surface area contributed by atoms with E-state index in [1.165, 1.54) is 0 Å². The van der Waals surface area contributed by atoms with Crippen molar-refractivity contribution < 1.29 is 13.2 Å². The van der Waals surface area contributed by atoms with Crippen LogP contribution >= 0.6 is 15.9 Å². The van der Waals surface area contributed by atoms with Gasteiger partial charge in [-0.1, -0.05) is 22.0 Å². The zero-order valence-electron chi connectivity index (χ0n) is 10.6. The van der Waals surface area contributed by atoms with Gasteiger partial charge in [0.2, 0.25) is 0 Å². The van der Waals surface area contributed by atoms with Crippen molar-refractivity contribution >= 4 is 26.8 Å². The van der Waals surface area contributed by atoms with Crippen LogP contribution in [-0.4, -0.2) is 18.1 Å². The molecule has 0 saturated carbocycles. The first-order valence-electron chi connectivity index (χ1n) is 6.56. The van der Waals surface area contributed by atoms with Crippen LogP contribution in [0.5, 0.6) is 0 Å². The number of alkyl halides is 3. The lowest BCUT2D eigenvalue weighted by molar-refractivity contribution is -0.141. The van der Waals surface area contributed by atoms with Crippen LogP contribution in [0.1, 0.15) is 30.0 Å². The summed E-state index contributed by atoms with van der Waals surface area (Å²) in [7, 11) is 0. The van der Waals surface area contributed by atoms with Gasteiger partial charge in [-0.15, -0.1) is 0 Å². The first-order valence-corrected chi connectivity index (χ1v) is 7.35. The Morgan fingerprint density at radius 3 is 2.50 bits per heavy atom. The van der Waals surface area contributed by atoms with E-state index in [-0.39, 0.29) is 5.92 Å². The second-order valence-electron chi connectivity index (χ2n) is 5.13. The molecule has 0 amide bonds. The van der Waals surface area contributed by atoms with Crippen LogP contribution in [0.4, 0.5) is 13.2 Å². The lowest BCUT2D eigenvalue weighted by Gasteiger charge is -2.24. The van der Waals surface area contributed by atoms with Crippen molar-refractivity contribution in [3.8, 4) is 0 Å². The molecule has 20 heavy (non-hydrogen) atoms. The van der Waals surface area contributed by atoms with Crippen molar-refractivity contribution in [3.63, 3.8) is 0 Å². The molecule has 1 fully saturated rings. The highest BCUT2D eigenvalue weighted by Crippen LogP contribution is 2.42. The summed E-state index contributed by atoms with van der Waals surface area (Å²) >= 11 is 3.30. The van der Waals surface area contributed by atoms with E-state index >= 15 is 0 Å². The number of piperidine rings is 1. The summed E-state index contributed by atoms with van der Waals surface area (Å²) in [4.78, 5) is 2.57. The molecular formula is C14H14BrF3N2. The van der Waals surface area contributed by atoms with Crippen molar-refractivity contribution in [1.29, 1.82) is 0 Å². The van der Waals surface area contributed by atoms with Crippen molar-refractivity contribution in [2.24, 2.45) is 0 Å². The number of fused-ring (bicyclic) bond motifs is 1. The third kappa shape index (κ3) is 2.46. The first kappa shape index (κ1) is 13.9. The largest absolute Gasteiger partial charge is 0.431 e. The molecule has 2 heterocycles. The molecule has 0 unspecified atom stereocenters. The summed E-state index contributed by atoms with van der Waals surface area (Å²) in [5.41, 5.74) is 0.388. The summed E-state index contributed by atoms with van der Waals surface area (Å²) in [5, 5.41) is 3.88. The minimum Gasteiger partial charge on any atom is -0.351 e. The van der Waals surface area contributed by atoms with E-state index in [9.17, 15) is 13.2 Å². The van der Waals surface area contributed by atoms with Crippen LogP contribution in [-0.2, 0) is 6.18 Å². The normalized spacial score (nSPS) is 17.8. The van der Waals surface area contributed by atoms with Crippen LogP contribution in [0.3, 0.4) is 0 Å². The number of halogens is 4. The lowest BCUT2D eigenvalue weighted by atomic mass is 9.88. The third-order valence-electron chi connectivity index (χ3n) is 3.83. The maximum atomic E-state index is 13.3. The molecule has 0 bridgehead atoms. The molecule has 3 rings (SSSR count). The molecule has 0 radical (unpaired) electrons. The molecule has 0 aliphatic carbocycles. The summed E-state index contributed by atoms with van der Waals surface area (Å²) < 4.78 is 40.6. The zero-order chi connectivity index (χ0) is 14.3. The number of aromatic nitrogens is 1. The summed E-state index contributed by atoms with van der Waals surface area (Å²) in [5.74, 6) is -0.0391. The van der Waals surface area contributed by atoms with Crippen LogP contribution in [0.2, 0.25) is 0 Å². The van der Waals surface area contributed by atoms with Gasteiger partial charge in [-0.3, -0.25) is 0 Å². The van der Waals surface area contributed by atoms with Crippen molar-refractivity contribution in [2.45, 2.75) is 24.9 Å². The Morgan fingerprint density at radius 1 is 1.15 bits per heavy atom. The van der Waals surface area contributed by atoms with E-state index < -0.39 is 11.9 Å². The van der Waals surface area contributed by atoms with Gasteiger partial charge in [0.15, 0.2) is 0 Å². The number of aromatic amines is 1. The maximum absolute atomic E-state index is 13.3. The molecule has 6 heteroatoms. The minimum absolute atomic E-state index is 0.0391. The average Bonchev–Trinajstić information content (AvgIpc) is 2.78. The van der Waals surface area contributed by atoms with Crippen molar-refractivity contribution in [1.82, 2.24) is 10.3 Å². The Labute approximate surface area is 122 Å². The number of rotatable bonds is 1. The van der Waals surface area contributed by atoms with E-state index in [0.29, 0.717) is 16.5 Å². The van der Waals surface area contributed by atoms with Gasteiger partial charge < -0.3 is 10.3 Å². The number of benzene rings is 1. The molecule has 1 aromatic heterocycles. The molecule has 1 aromatic carbocycles. The summed E-state index contributed by atoms with van der Waals surface area (Å²) in [6.07, 6.45) is -2.86. The topological polar surface area (TPSA) is 27.8 Å². The standard InChI is InChI=1S/C14H14BrF3N2/c15-9-1-2-10-11(7-9)20-13(14(16,17)18)12(10)8-3-5-19-6-4-8/h1-2,7-8,19-20H,3-6H2. The molecule has 1 aliphatic rings. The highest BCUT2D eigenvalue weighted by molar-refractivity contribution is 9.10. The number of nitrogens with one attached hydrogen (secondary N) is 2. The van der Waals surface area contributed by atoms with Gasteiger partial charge >= 0.3 is 6.18 Å². The highest BCUT2D eigenvalue weighted by Gasteiger charge is 2.38. The molecule has 0 atom stereocenters. The summed E-state index contributed by atoms with van der Waals surface area (Å²) in [6.45, 7) is 1.54. The molecule has 108 valence electrons. The molecule has 1 saturated heterocycles. The molecule has 0 spiro atoms.